The second-order valence-corrected chi connectivity index (χ2v) is 6.33. The molecule has 1 aliphatic rings. The van der Waals surface area contributed by atoms with E-state index < -0.39 is 0 Å². The maximum Gasteiger partial charge on any atom is 0.138 e. The average Bonchev–Trinajstić information content (AvgIpc) is 2.33. The lowest BCUT2D eigenvalue weighted by Crippen LogP contribution is -2.23. The van der Waals surface area contributed by atoms with Crippen LogP contribution >= 0.6 is 23.4 Å². The molecule has 4 heteroatoms. The van der Waals surface area contributed by atoms with E-state index in [1.165, 1.54) is 12.2 Å². The fourth-order valence-corrected chi connectivity index (χ4v) is 3.37. The molecule has 2 unspecified atom stereocenters. The Hall–Kier alpha value is -0.380. The molecule has 1 fully saturated rings. The van der Waals surface area contributed by atoms with E-state index >= 15 is 0 Å². The van der Waals surface area contributed by atoms with Crippen LogP contribution in [-0.4, -0.2) is 28.8 Å². The topological polar surface area (TPSA) is 29.5 Å². The molecule has 18 heavy (non-hydrogen) atoms. The number of thioether (sulfide) groups is 1. The van der Waals surface area contributed by atoms with Gasteiger partial charge in [0.1, 0.15) is 11.9 Å². The summed E-state index contributed by atoms with van der Waals surface area (Å²) in [6.07, 6.45) is 2.89. The van der Waals surface area contributed by atoms with Crippen molar-refractivity contribution in [1.29, 1.82) is 0 Å². The number of ether oxygens (including phenoxy) is 1. The van der Waals surface area contributed by atoms with Crippen molar-refractivity contribution in [2.24, 2.45) is 0 Å². The van der Waals surface area contributed by atoms with Crippen LogP contribution in [0.4, 0.5) is 0 Å². The summed E-state index contributed by atoms with van der Waals surface area (Å²) in [5.74, 6) is 3.05. The van der Waals surface area contributed by atoms with E-state index in [-0.39, 0.29) is 12.2 Å². The minimum atomic E-state index is -0.345. The summed E-state index contributed by atoms with van der Waals surface area (Å²) in [6, 6.07) is 5.78. The lowest BCUT2D eigenvalue weighted by molar-refractivity contribution is 0.195. The van der Waals surface area contributed by atoms with Crippen molar-refractivity contribution in [2.75, 3.05) is 11.5 Å². The molecule has 1 aromatic rings. The van der Waals surface area contributed by atoms with Crippen molar-refractivity contribution in [3.63, 3.8) is 0 Å². The third-order valence-corrected chi connectivity index (χ3v) is 4.42. The maximum atomic E-state index is 9.35. The van der Waals surface area contributed by atoms with Crippen LogP contribution in [0.25, 0.3) is 0 Å². The van der Waals surface area contributed by atoms with Crippen LogP contribution in [0, 0.1) is 0 Å². The second-order valence-electron chi connectivity index (χ2n) is 4.77. The van der Waals surface area contributed by atoms with Crippen molar-refractivity contribution >= 4 is 23.4 Å². The molecule has 0 aliphatic carbocycles. The lowest BCUT2D eigenvalue weighted by Gasteiger charge is -2.23. The summed E-state index contributed by atoms with van der Waals surface area (Å²) in [6.45, 7) is 1.78. The maximum absolute atomic E-state index is 9.35. The molecule has 2 atom stereocenters. The zero-order valence-corrected chi connectivity index (χ0v) is 12.1. The van der Waals surface area contributed by atoms with Gasteiger partial charge in [-0.3, -0.25) is 0 Å². The number of aliphatic hydroxyl groups excluding tert-OH is 1. The van der Waals surface area contributed by atoms with Crippen LogP contribution in [0.15, 0.2) is 18.2 Å². The van der Waals surface area contributed by atoms with Gasteiger partial charge in [0.05, 0.1) is 11.1 Å². The molecule has 0 spiro atoms. The van der Waals surface area contributed by atoms with E-state index in [0.29, 0.717) is 11.4 Å². The standard InChI is InChI=1S/C14H19ClO2S/c1-10(16)7-11-4-5-14(13(15)8-11)17-12-3-2-6-18-9-12/h4-5,8,10,12,16H,2-3,6-7,9H2,1H3. The van der Waals surface area contributed by atoms with E-state index in [2.05, 4.69) is 0 Å². The van der Waals surface area contributed by atoms with Crippen LogP contribution < -0.4 is 4.74 Å². The van der Waals surface area contributed by atoms with E-state index in [1.807, 2.05) is 30.0 Å². The monoisotopic (exact) mass is 286 g/mol. The fourth-order valence-electron chi connectivity index (χ4n) is 2.09. The van der Waals surface area contributed by atoms with E-state index in [1.54, 1.807) is 6.92 Å². The fraction of sp³-hybridized carbons (Fsp3) is 0.571. The van der Waals surface area contributed by atoms with Gasteiger partial charge in [0.2, 0.25) is 0 Å². The Morgan fingerprint density at radius 3 is 3.00 bits per heavy atom. The first kappa shape index (κ1) is 14.0. The Labute approximate surface area is 118 Å². The van der Waals surface area contributed by atoms with Gasteiger partial charge >= 0.3 is 0 Å². The van der Waals surface area contributed by atoms with Gasteiger partial charge in [-0.25, -0.2) is 0 Å². The molecule has 1 aromatic carbocycles. The predicted molar refractivity (Wildman–Crippen MR) is 77.8 cm³/mol. The van der Waals surface area contributed by atoms with Gasteiger partial charge in [0.25, 0.3) is 0 Å². The van der Waals surface area contributed by atoms with Crippen LogP contribution in [0.2, 0.25) is 5.02 Å². The Morgan fingerprint density at radius 1 is 1.56 bits per heavy atom. The highest BCUT2D eigenvalue weighted by molar-refractivity contribution is 7.99. The van der Waals surface area contributed by atoms with Gasteiger partial charge in [-0.2, -0.15) is 11.8 Å². The van der Waals surface area contributed by atoms with Gasteiger partial charge in [-0.1, -0.05) is 17.7 Å². The van der Waals surface area contributed by atoms with Gasteiger partial charge in [-0.15, -0.1) is 0 Å². The molecule has 0 bridgehead atoms. The number of aliphatic hydroxyl groups is 1. The zero-order valence-electron chi connectivity index (χ0n) is 10.6. The molecule has 2 rings (SSSR count). The molecule has 0 radical (unpaired) electrons. The van der Waals surface area contributed by atoms with Gasteiger partial charge in [0, 0.05) is 5.75 Å². The molecule has 1 N–H and O–H groups in total. The van der Waals surface area contributed by atoms with E-state index in [4.69, 9.17) is 16.3 Å². The summed E-state index contributed by atoms with van der Waals surface area (Å²) in [4.78, 5) is 0. The van der Waals surface area contributed by atoms with Crippen molar-refractivity contribution < 1.29 is 9.84 Å². The first-order valence-corrected chi connectivity index (χ1v) is 7.89. The molecule has 0 aromatic heterocycles. The van der Waals surface area contributed by atoms with Crippen LogP contribution in [0.3, 0.4) is 0 Å². The molecule has 1 heterocycles. The Kier molecular flexibility index (Phi) is 5.22. The van der Waals surface area contributed by atoms with Gasteiger partial charge in [-0.05, 0) is 49.6 Å². The van der Waals surface area contributed by atoms with Crippen LogP contribution in [0.1, 0.15) is 25.3 Å². The van der Waals surface area contributed by atoms with Crippen molar-refractivity contribution in [3.8, 4) is 5.75 Å². The third-order valence-electron chi connectivity index (χ3n) is 2.94. The molecule has 0 amide bonds. The van der Waals surface area contributed by atoms with E-state index in [0.717, 1.165) is 23.5 Å². The lowest BCUT2D eigenvalue weighted by atomic mass is 10.1. The van der Waals surface area contributed by atoms with Crippen molar-refractivity contribution in [3.05, 3.63) is 28.8 Å². The molecular formula is C14H19ClO2S. The van der Waals surface area contributed by atoms with Crippen LogP contribution in [0.5, 0.6) is 5.75 Å². The minimum absolute atomic E-state index is 0.281. The summed E-state index contributed by atoms with van der Waals surface area (Å²) in [5, 5.41) is 9.99. The Balaban J connectivity index is 2.00. The zero-order chi connectivity index (χ0) is 13.0. The van der Waals surface area contributed by atoms with Crippen molar-refractivity contribution in [2.45, 2.75) is 38.4 Å². The third kappa shape index (κ3) is 4.08. The highest BCUT2D eigenvalue weighted by Crippen LogP contribution is 2.29. The number of hydrogen-bond donors (Lipinski definition) is 1. The molecular weight excluding hydrogens is 268 g/mol. The predicted octanol–water partition coefficient (Wildman–Crippen LogP) is 3.54. The van der Waals surface area contributed by atoms with E-state index in [9.17, 15) is 5.11 Å². The second kappa shape index (κ2) is 6.69. The average molecular weight is 287 g/mol. The molecule has 100 valence electrons. The number of benzene rings is 1. The first-order chi connectivity index (χ1) is 8.65. The quantitative estimate of drug-likeness (QED) is 0.918. The summed E-state index contributed by atoms with van der Waals surface area (Å²) in [5.41, 5.74) is 1.04. The highest BCUT2D eigenvalue weighted by atomic mass is 35.5. The minimum Gasteiger partial charge on any atom is -0.488 e. The number of rotatable bonds is 4. The van der Waals surface area contributed by atoms with Crippen LogP contribution in [-0.2, 0) is 6.42 Å². The smallest absolute Gasteiger partial charge is 0.138 e. The van der Waals surface area contributed by atoms with Crippen molar-refractivity contribution in [1.82, 2.24) is 0 Å². The molecule has 1 aliphatic heterocycles. The number of halogens is 1. The highest BCUT2D eigenvalue weighted by Gasteiger charge is 2.16. The SMILES string of the molecule is CC(O)Cc1ccc(OC2CCCSC2)c(Cl)c1. The van der Waals surface area contributed by atoms with Gasteiger partial charge < -0.3 is 9.84 Å². The first-order valence-electron chi connectivity index (χ1n) is 6.36. The summed E-state index contributed by atoms with van der Waals surface area (Å²) >= 11 is 8.16. The molecule has 2 nitrogen and oxygen atoms in total. The molecule has 0 saturated carbocycles. The van der Waals surface area contributed by atoms with Gasteiger partial charge in [0.15, 0.2) is 0 Å². The number of hydrogen-bond acceptors (Lipinski definition) is 3. The normalized spacial score (nSPS) is 21.6. The summed E-state index contributed by atoms with van der Waals surface area (Å²) in [7, 11) is 0. The Morgan fingerprint density at radius 2 is 2.39 bits per heavy atom. The summed E-state index contributed by atoms with van der Waals surface area (Å²) < 4.78 is 5.93. The Bertz CT molecular complexity index is 389. The molecule has 1 saturated heterocycles. The largest absolute Gasteiger partial charge is 0.488 e.